The Morgan fingerprint density at radius 1 is 1.53 bits per heavy atom. The fraction of sp³-hybridized carbons (Fsp3) is 0.222. The van der Waals surface area contributed by atoms with Crippen LogP contribution in [0.5, 0.6) is 0 Å². The summed E-state index contributed by atoms with van der Waals surface area (Å²) in [6, 6.07) is 4.54. The highest BCUT2D eigenvalue weighted by molar-refractivity contribution is 7.99. The number of hydrogen-bond acceptors (Lipinski definition) is 4. The second-order valence-corrected chi connectivity index (χ2v) is 4.42. The van der Waals surface area contributed by atoms with Crippen molar-refractivity contribution in [3.63, 3.8) is 0 Å². The van der Waals surface area contributed by atoms with Crippen molar-refractivity contribution >= 4 is 35.0 Å². The Balaban J connectivity index is 2.69. The SMILES string of the molecule is NC(=O)C(N)CSc1c(N)cccc1Cl. The number of rotatable bonds is 4. The number of carbonyl (C=O) groups excluding carboxylic acids is 1. The zero-order chi connectivity index (χ0) is 11.4. The lowest BCUT2D eigenvalue weighted by Gasteiger charge is -2.10. The van der Waals surface area contributed by atoms with Gasteiger partial charge in [-0.3, -0.25) is 4.79 Å². The minimum absolute atomic E-state index is 0.364. The molecule has 1 rings (SSSR count). The molecule has 0 aliphatic carbocycles. The quantitative estimate of drug-likeness (QED) is 0.541. The smallest absolute Gasteiger partial charge is 0.235 e. The average molecular weight is 246 g/mol. The third-order valence-electron chi connectivity index (χ3n) is 1.77. The molecule has 0 bridgehead atoms. The van der Waals surface area contributed by atoms with Crippen molar-refractivity contribution in [2.75, 3.05) is 11.5 Å². The monoisotopic (exact) mass is 245 g/mol. The van der Waals surface area contributed by atoms with Crippen LogP contribution in [0, 0.1) is 0 Å². The summed E-state index contributed by atoms with van der Waals surface area (Å²) in [5.74, 6) is -0.170. The maximum Gasteiger partial charge on any atom is 0.235 e. The first-order valence-electron chi connectivity index (χ1n) is 4.24. The van der Waals surface area contributed by atoms with Crippen LogP contribution in [0.4, 0.5) is 5.69 Å². The maximum absolute atomic E-state index is 10.7. The first-order chi connectivity index (χ1) is 7.02. The van der Waals surface area contributed by atoms with E-state index in [2.05, 4.69) is 0 Å². The Morgan fingerprint density at radius 2 is 2.20 bits per heavy atom. The molecule has 1 amide bonds. The van der Waals surface area contributed by atoms with E-state index >= 15 is 0 Å². The van der Waals surface area contributed by atoms with Crippen molar-refractivity contribution in [1.29, 1.82) is 0 Å². The maximum atomic E-state index is 10.7. The highest BCUT2D eigenvalue weighted by Gasteiger charge is 2.12. The number of thioether (sulfide) groups is 1. The Labute approximate surface area is 97.1 Å². The molecule has 15 heavy (non-hydrogen) atoms. The van der Waals surface area contributed by atoms with E-state index in [0.717, 1.165) is 4.90 Å². The summed E-state index contributed by atoms with van der Waals surface area (Å²) in [7, 11) is 0. The second-order valence-electron chi connectivity index (χ2n) is 2.98. The van der Waals surface area contributed by atoms with Crippen LogP contribution in [-0.2, 0) is 4.79 Å². The van der Waals surface area contributed by atoms with Gasteiger partial charge in [0.25, 0.3) is 0 Å². The number of benzene rings is 1. The molecular formula is C9H12ClN3OS. The number of nitrogen functional groups attached to an aromatic ring is 1. The van der Waals surface area contributed by atoms with Crippen LogP contribution in [-0.4, -0.2) is 17.7 Å². The molecule has 0 saturated heterocycles. The third-order valence-corrected chi connectivity index (χ3v) is 3.47. The number of carbonyl (C=O) groups is 1. The van der Waals surface area contributed by atoms with E-state index in [1.54, 1.807) is 18.2 Å². The summed E-state index contributed by atoms with van der Waals surface area (Å²) in [5.41, 5.74) is 16.8. The number of primary amides is 1. The first kappa shape index (κ1) is 12.2. The van der Waals surface area contributed by atoms with E-state index < -0.39 is 11.9 Å². The van der Waals surface area contributed by atoms with Crippen LogP contribution in [0.3, 0.4) is 0 Å². The zero-order valence-corrected chi connectivity index (χ0v) is 9.52. The predicted molar refractivity (Wildman–Crippen MR) is 63.8 cm³/mol. The Hall–Kier alpha value is -0.910. The van der Waals surface area contributed by atoms with Gasteiger partial charge < -0.3 is 17.2 Å². The highest BCUT2D eigenvalue weighted by atomic mass is 35.5. The minimum Gasteiger partial charge on any atom is -0.398 e. The fourth-order valence-electron chi connectivity index (χ4n) is 0.933. The number of nitrogens with two attached hydrogens (primary N) is 3. The molecule has 1 aromatic rings. The van der Waals surface area contributed by atoms with Gasteiger partial charge in [0.1, 0.15) is 0 Å². The van der Waals surface area contributed by atoms with E-state index in [1.165, 1.54) is 11.8 Å². The standard InChI is InChI=1S/C9H12ClN3OS/c10-5-2-1-3-6(11)8(5)15-4-7(12)9(13)14/h1-3,7H,4,11-12H2,(H2,13,14). The number of hydrogen-bond donors (Lipinski definition) is 3. The van der Waals surface area contributed by atoms with Crippen molar-refractivity contribution in [2.45, 2.75) is 10.9 Å². The van der Waals surface area contributed by atoms with Gasteiger partial charge in [0.05, 0.1) is 11.1 Å². The van der Waals surface area contributed by atoms with Crippen LogP contribution in [0.2, 0.25) is 5.02 Å². The summed E-state index contributed by atoms with van der Waals surface area (Å²) in [4.78, 5) is 11.4. The van der Waals surface area contributed by atoms with Gasteiger partial charge in [-0.2, -0.15) is 0 Å². The van der Waals surface area contributed by atoms with Crippen LogP contribution in [0.1, 0.15) is 0 Å². The van der Waals surface area contributed by atoms with E-state index in [9.17, 15) is 4.79 Å². The van der Waals surface area contributed by atoms with Crippen molar-refractivity contribution in [1.82, 2.24) is 0 Å². The van der Waals surface area contributed by atoms with E-state index in [-0.39, 0.29) is 0 Å². The zero-order valence-electron chi connectivity index (χ0n) is 7.94. The largest absolute Gasteiger partial charge is 0.398 e. The highest BCUT2D eigenvalue weighted by Crippen LogP contribution is 2.32. The molecule has 0 radical (unpaired) electrons. The number of halogens is 1. The second kappa shape index (κ2) is 5.25. The topological polar surface area (TPSA) is 95.1 Å². The van der Waals surface area contributed by atoms with Gasteiger partial charge >= 0.3 is 0 Å². The third kappa shape index (κ3) is 3.30. The van der Waals surface area contributed by atoms with Crippen molar-refractivity contribution in [2.24, 2.45) is 11.5 Å². The average Bonchev–Trinajstić information content (AvgIpc) is 2.16. The molecule has 0 fully saturated rings. The first-order valence-corrected chi connectivity index (χ1v) is 5.60. The predicted octanol–water partition coefficient (Wildman–Crippen LogP) is 0.827. The molecule has 6 heteroatoms. The molecule has 6 N–H and O–H groups in total. The van der Waals surface area contributed by atoms with Gasteiger partial charge in [-0.15, -0.1) is 11.8 Å². The summed E-state index contributed by atoms with van der Waals surface area (Å²) in [5, 5.41) is 0.552. The van der Waals surface area contributed by atoms with E-state index in [4.69, 9.17) is 28.8 Å². The molecule has 1 unspecified atom stereocenters. The van der Waals surface area contributed by atoms with Gasteiger partial charge in [0, 0.05) is 16.3 Å². The Kier molecular flexibility index (Phi) is 4.26. The normalized spacial score (nSPS) is 12.4. The van der Waals surface area contributed by atoms with Crippen LogP contribution in [0.15, 0.2) is 23.1 Å². The molecule has 0 saturated carbocycles. The Morgan fingerprint density at radius 3 is 2.73 bits per heavy atom. The summed E-state index contributed by atoms with van der Waals surface area (Å²) < 4.78 is 0. The van der Waals surface area contributed by atoms with Crippen molar-refractivity contribution in [3.8, 4) is 0 Å². The number of amides is 1. The molecule has 0 aromatic heterocycles. The van der Waals surface area contributed by atoms with Gasteiger partial charge in [-0.05, 0) is 12.1 Å². The van der Waals surface area contributed by atoms with Crippen molar-refractivity contribution < 1.29 is 4.79 Å². The Bertz CT molecular complexity index is 352. The molecule has 82 valence electrons. The van der Waals surface area contributed by atoms with E-state index in [0.29, 0.717) is 16.5 Å². The molecule has 1 aromatic carbocycles. The van der Waals surface area contributed by atoms with Crippen LogP contribution >= 0.6 is 23.4 Å². The van der Waals surface area contributed by atoms with Gasteiger partial charge in [-0.1, -0.05) is 17.7 Å². The summed E-state index contributed by atoms with van der Waals surface area (Å²) >= 11 is 7.26. The van der Waals surface area contributed by atoms with Crippen LogP contribution in [0.25, 0.3) is 0 Å². The molecule has 0 spiro atoms. The van der Waals surface area contributed by atoms with Gasteiger partial charge in [0.15, 0.2) is 0 Å². The number of anilines is 1. The summed E-state index contributed by atoms with van der Waals surface area (Å²) in [6.45, 7) is 0. The molecule has 0 heterocycles. The fourth-order valence-corrected chi connectivity index (χ4v) is 2.23. The lowest BCUT2D eigenvalue weighted by atomic mass is 10.3. The van der Waals surface area contributed by atoms with Gasteiger partial charge in [0.2, 0.25) is 5.91 Å². The molecule has 0 aliphatic rings. The molecular weight excluding hydrogens is 234 g/mol. The summed E-state index contributed by atoms with van der Waals surface area (Å²) in [6.07, 6.45) is 0. The lowest BCUT2D eigenvalue weighted by molar-refractivity contribution is -0.118. The van der Waals surface area contributed by atoms with Crippen LogP contribution < -0.4 is 17.2 Å². The molecule has 4 nitrogen and oxygen atoms in total. The lowest BCUT2D eigenvalue weighted by Crippen LogP contribution is -2.38. The molecule has 0 aliphatic heterocycles. The van der Waals surface area contributed by atoms with Gasteiger partial charge in [-0.25, -0.2) is 0 Å². The van der Waals surface area contributed by atoms with Crippen molar-refractivity contribution in [3.05, 3.63) is 23.2 Å². The minimum atomic E-state index is -0.689. The molecule has 1 atom stereocenters. The van der Waals surface area contributed by atoms with E-state index in [1.807, 2.05) is 0 Å².